The van der Waals surface area contributed by atoms with E-state index < -0.39 is 5.82 Å². The Hall–Kier alpha value is -3.27. The summed E-state index contributed by atoms with van der Waals surface area (Å²) in [6.07, 6.45) is 3.41. The second kappa shape index (κ2) is 9.77. The van der Waals surface area contributed by atoms with Gasteiger partial charge in [-0.25, -0.2) is 18.7 Å². The van der Waals surface area contributed by atoms with Crippen LogP contribution in [0.15, 0.2) is 41.2 Å². The molecule has 1 fully saturated rings. The maximum Gasteiger partial charge on any atom is 0.266 e. The van der Waals surface area contributed by atoms with E-state index in [0.717, 1.165) is 0 Å². The first-order chi connectivity index (χ1) is 16.9. The summed E-state index contributed by atoms with van der Waals surface area (Å²) in [5.41, 5.74) is 2.35. The summed E-state index contributed by atoms with van der Waals surface area (Å²) < 4.78 is 34.8. The van der Waals surface area contributed by atoms with Gasteiger partial charge < -0.3 is 14.3 Å². The molecular weight excluding hydrogens is 470 g/mol. The van der Waals surface area contributed by atoms with E-state index >= 15 is 0 Å². The summed E-state index contributed by atoms with van der Waals surface area (Å²) in [7, 11) is 0. The highest BCUT2D eigenvalue weighted by Crippen LogP contribution is 2.34. The maximum absolute atomic E-state index is 14.8. The van der Waals surface area contributed by atoms with Crippen molar-refractivity contribution in [2.24, 2.45) is 0 Å². The second-order valence-corrected chi connectivity index (χ2v) is 9.71. The number of aromatic nitrogens is 4. The van der Waals surface area contributed by atoms with Crippen molar-refractivity contribution in [2.75, 3.05) is 42.2 Å². The van der Waals surface area contributed by atoms with Crippen LogP contribution in [0.5, 0.6) is 0 Å². The number of nitrogens with zero attached hydrogens (tertiary/aromatic N) is 6. The Bertz CT molecular complexity index is 1350. The minimum atomic E-state index is -0.413. The number of piperazine rings is 1. The lowest BCUT2D eigenvalue weighted by molar-refractivity contribution is 0.364. The van der Waals surface area contributed by atoms with Crippen LogP contribution >= 0.6 is 11.8 Å². The van der Waals surface area contributed by atoms with E-state index in [1.54, 1.807) is 17.8 Å². The Morgan fingerprint density at radius 2 is 1.80 bits per heavy atom. The highest BCUT2D eigenvalue weighted by molar-refractivity contribution is 7.97. The molecule has 1 aliphatic heterocycles. The summed E-state index contributed by atoms with van der Waals surface area (Å²) in [6, 6.07) is 7.88. The first kappa shape index (κ1) is 23.5. The third-order valence-electron chi connectivity index (χ3n) is 6.13. The Kier molecular flexibility index (Phi) is 6.55. The van der Waals surface area contributed by atoms with Crippen molar-refractivity contribution in [3.05, 3.63) is 59.7 Å². The molecule has 0 bridgehead atoms. The number of hydrogen-bond acceptors (Lipinski definition) is 8. The standard InChI is InChI=1S/C25H26F2N6OS/c1-15(2)24-30-25(31-34-24)33-8-6-32(7-9-33)23-20-12-18(26)11-19(22(20)28-14-29-23)16-4-5-17(13-35-3)21(27)10-16/h4-5,10-12,14-15H,6-9,13H2,1-3H3. The van der Waals surface area contributed by atoms with Gasteiger partial charge in [-0.05, 0) is 40.7 Å². The third-order valence-corrected chi connectivity index (χ3v) is 6.73. The Morgan fingerprint density at radius 1 is 1.03 bits per heavy atom. The fourth-order valence-corrected chi connectivity index (χ4v) is 4.83. The zero-order valence-electron chi connectivity index (χ0n) is 19.8. The van der Waals surface area contributed by atoms with Crippen molar-refractivity contribution in [1.29, 1.82) is 0 Å². The fraction of sp³-hybridized carbons (Fsp3) is 0.360. The van der Waals surface area contributed by atoms with Gasteiger partial charge in [0.2, 0.25) is 5.89 Å². The number of halogens is 2. The van der Waals surface area contributed by atoms with E-state index in [-0.39, 0.29) is 11.7 Å². The van der Waals surface area contributed by atoms with Crippen molar-refractivity contribution in [3.8, 4) is 11.1 Å². The first-order valence-electron chi connectivity index (χ1n) is 11.5. The molecule has 0 amide bonds. The van der Waals surface area contributed by atoms with Crippen molar-refractivity contribution in [2.45, 2.75) is 25.5 Å². The molecule has 0 aliphatic carbocycles. The zero-order valence-corrected chi connectivity index (χ0v) is 20.6. The predicted octanol–water partition coefficient (Wildman–Crippen LogP) is 5.27. The summed E-state index contributed by atoms with van der Waals surface area (Å²) >= 11 is 1.55. The van der Waals surface area contributed by atoms with Crippen LogP contribution < -0.4 is 9.80 Å². The zero-order chi connectivity index (χ0) is 24.5. The van der Waals surface area contributed by atoms with Crippen LogP contribution in [-0.2, 0) is 5.75 Å². The van der Waals surface area contributed by atoms with Gasteiger partial charge in [-0.3, -0.25) is 0 Å². The van der Waals surface area contributed by atoms with Crippen molar-refractivity contribution in [1.82, 2.24) is 20.1 Å². The quantitative estimate of drug-likeness (QED) is 0.358. The molecule has 0 saturated carbocycles. The lowest BCUT2D eigenvalue weighted by Gasteiger charge is -2.35. The highest BCUT2D eigenvalue weighted by Gasteiger charge is 2.24. The van der Waals surface area contributed by atoms with Gasteiger partial charge in [-0.15, -0.1) is 0 Å². The largest absolute Gasteiger partial charge is 0.352 e. The molecule has 2 aromatic carbocycles. The van der Waals surface area contributed by atoms with Gasteiger partial charge in [0.05, 0.1) is 5.52 Å². The van der Waals surface area contributed by atoms with E-state index in [1.165, 1.54) is 24.5 Å². The molecule has 1 saturated heterocycles. The van der Waals surface area contributed by atoms with E-state index in [0.29, 0.717) is 77.2 Å². The van der Waals surface area contributed by atoms with Crippen LogP contribution in [0, 0.1) is 11.6 Å². The molecule has 182 valence electrons. The number of rotatable bonds is 6. The predicted molar refractivity (Wildman–Crippen MR) is 135 cm³/mol. The average Bonchev–Trinajstić information content (AvgIpc) is 3.36. The molecular formula is C25H26F2N6OS. The van der Waals surface area contributed by atoms with Crippen LogP contribution in [0.2, 0.25) is 0 Å². The van der Waals surface area contributed by atoms with E-state index in [9.17, 15) is 8.78 Å². The molecule has 0 radical (unpaired) electrons. The van der Waals surface area contributed by atoms with Gasteiger partial charge in [0.15, 0.2) is 0 Å². The molecule has 7 nitrogen and oxygen atoms in total. The van der Waals surface area contributed by atoms with Crippen LogP contribution in [0.4, 0.5) is 20.5 Å². The molecule has 4 aromatic rings. The van der Waals surface area contributed by atoms with E-state index in [2.05, 4.69) is 29.9 Å². The third kappa shape index (κ3) is 4.67. The number of benzene rings is 2. The monoisotopic (exact) mass is 496 g/mol. The maximum atomic E-state index is 14.8. The number of fused-ring (bicyclic) bond motifs is 1. The SMILES string of the molecule is CSCc1ccc(-c2cc(F)cc3c(N4CCN(c5noc(C(C)C)n5)CC4)ncnc23)cc1F. The number of hydrogen-bond donors (Lipinski definition) is 0. The van der Waals surface area contributed by atoms with Crippen LogP contribution in [-0.4, -0.2) is 52.5 Å². The molecule has 35 heavy (non-hydrogen) atoms. The minimum absolute atomic E-state index is 0.171. The van der Waals surface area contributed by atoms with Crippen LogP contribution in [0.3, 0.4) is 0 Å². The second-order valence-electron chi connectivity index (χ2n) is 8.85. The normalized spacial score (nSPS) is 14.3. The lowest BCUT2D eigenvalue weighted by atomic mass is 10.00. The molecule has 10 heteroatoms. The van der Waals surface area contributed by atoms with Crippen molar-refractivity contribution in [3.63, 3.8) is 0 Å². The lowest BCUT2D eigenvalue weighted by Crippen LogP contribution is -2.47. The van der Waals surface area contributed by atoms with Gasteiger partial charge in [0.1, 0.15) is 23.8 Å². The highest BCUT2D eigenvalue weighted by atomic mass is 32.2. The van der Waals surface area contributed by atoms with Gasteiger partial charge >= 0.3 is 0 Å². The molecule has 3 heterocycles. The molecule has 5 rings (SSSR count). The molecule has 0 spiro atoms. The van der Waals surface area contributed by atoms with Crippen molar-refractivity contribution >= 4 is 34.4 Å². The fourth-order valence-electron chi connectivity index (χ4n) is 4.29. The average molecular weight is 497 g/mol. The Morgan fingerprint density at radius 3 is 2.49 bits per heavy atom. The molecule has 0 unspecified atom stereocenters. The topological polar surface area (TPSA) is 71.2 Å². The molecule has 0 N–H and O–H groups in total. The van der Waals surface area contributed by atoms with Gasteiger partial charge in [-0.1, -0.05) is 26.0 Å². The number of thioether (sulfide) groups is 1. The summed E-state index contributed by atoms with van der Waals surface area (Å²) in [5, 5.41) is 4.71. The van der Waals surface area contributed by atoms with E-state index in [1.807, 2.05) is 26.2 Å². The summed E-state index contributed by atoms with van der Waals surface area (Å²) in [5.74, 6) is 1.89. The summed E-state index contributed by atoms with van der Waals surface area (Å²) in [4.78, 5) is 17.6. The minimum Gasteiger partial charge on any atom is -0.352 e. The van der Waals surface area contributed by atoms with E-state index in [4.69, 9.17) is 4.52 Å². The molecule has 1 aliphatic rings. The van der Waals surface area contributed by atoms with Crippen LogP contribution in [0.1, 0.15) is 31.2 Å². The van der Waals surface area contributed by atoms with Gasteiger partial charge in [0, 0.05) is 48.8 Å². The Labute approximate surface area is 206 Å². The first-order valence-corrected chi connectivity index (χ1v) is 12.9. The smallest absolute Gasteiger partial charge is 0.266 e. The molecule has 2 aromatic heterocycles. The van der Waals surface area contributed by atoms with Gasteiger partial charge in [0.25, 0.3) is 5.95 Å². The Balaban J connectivity index is 1.44. The molecule has 0 atom stereocenters. The van der Waals surface area contributed by atoms with Crippen molar-refractivity contribution < 1.29 is 13.3 Å². The van der Waals surface area contributed by atoms with Crippen LogP contribution in [0.25, 0.3) is 22.0 Å². The summed E-state index contributed by atoms with van der Waals surface area (Å²) in [6.45, 7) is 6.68. The number of anilines is 2. The van der Waals surface area contributed by atoms with Gasteiger partial charge in [-0.2, -0.15) is 16.7 Å².